The van der Waals surface area contributed by atoms with Gasteiger partial charge in [-0.2, -0.15) is 0 Å². The van der Waals surface area contributed by atoms with Gasteiger partial charge in [-0.05, 0) is 36.4 Å². The van der Waals surface area contributed by atoms with Crippen LogP contribution in [0.1, 0.15) is 10.4 Å². The van der Waals surface area contributed by atoms with E-state index in [1.165, 1.54) is 50.5 Å². The minimum atomic E-state index is -3.58. The number of esters is 1. The van der Waals surface area contributed by atoms with Gasteiger partial charge in [-0.1, -0.05) is 17.7 Å². The number of halogens is 2. The molecule has 2 rings (SSSR count). The van der Waals surface area contributed by atoms with Crippen molar-refractivity contribution in [1.29, 1.82) is 0 Å². The van der Waals surface area contributed by atoms with E-state index in [9.17, 15) is 22.4 Å². The third-order valence-electron chi connectivity index (χ3n) is 3.42. The average molecular weight is 415 g/mol. The van der Waals surface area contributed by atoms with Gasteiger partial charge in [0.1, 0.15) is 11.4 Å². The van der Waals surface area contributed by atoms with Crippen LogP contribution in [0.5, 0.6) is 0 Å². The number of rotatable bonds is 6. The SMILES string of the molecule is CN(C)S(=O)(=O)c1ccc(NC(=O)COC(=O)c2c(F)cccc2Cl)cc1. The molecule has 0 aliphatic rings. The summed E-state index contributed by atoms with van der Waals surface area (Å²) in [6.07, 6.45) is 0. The molecule has 27 heavy (non-hydrogen) atoms. The number of carbonyl (C=O) groups excluding carboxylic acids is 2. The Labute approximate surface area is 160 Å². The molecule has 2 aromatic carbocycles. The number of hydrogen-bond acceptors (Lipinski definition) is 5. The lowest BCUT2D eigenvalue weighted by Crippen LogP contribution is -2.23. The number of anilines is 1. The molecule has 1 N–H and O–H groups in total. The van der Waals surface area contributed by atoms with Gasteiger partial charge in [0, 0.05) is 19.8 Å². The van der Waals surface area contributed by atoms with Crippen LogP contribution >= 0.6 is 11.6 Å². The second-order valence-electron chi connectivity index (χ2n) is 5.53. The number of nitrogens with zero attached hydrogens (tertiary/aromatic N) is 1. The number of hydrogen-bond donors (Lipinski definition) is 1. The molecule has 0 saturated heterocycles. The summed E-state index contributed by atoms with van der Waals surface area (Å²) in [5, 5.41) is 2.31. The number of nitrogens with one attached hydrogen (secondary N) is 1. The molecular weight excluding hydrogens is 399 g/mol. The Morgan fingerprint density at radius 3 is 2.33 bits per heavy atom. The number of carbonyl (C=O) groups is 2. The van der Waals surface area contributed by atoms with Crippen LogP contribution in [0.15, 0.2) is 47.4 Å². The van der Waals surface area contributed by atoms with Crippen LogP contribution in [0.4, 0.5) is 10.1 Å². The zero-order chi connectivity index (χ0) is 20.2. The van der Waals surface area contributed by atoms with Gasteiger partial charge in [-0.25, -0.2) is 21.9 Å². The van der Waals surface area contributed by atoms with Gasteiger partial charge >= 0.3 is 5.97 Å². The Kier molecular flexibility index (Phi) is 6.53. The molecule has 144 valence electrons. The van der Waals surface area contributed by atoms with Gasteiger partial charge < -0.3 is 10.1 Å². The Morgan fingerprint density at radius 1 is 1.15 bits per heavy atom. The monoisotopic (exact) mass is 414 g/mol. The molecule has 1 amide bonds. The number of amides is 1. The third kappa shape index (κ3) is 5.03. The van der Waals surface area contributed by atoms with Crippen molar-refractivity contribution in [3.05, 3.63) is 58.9 Å². The van der Waals surface area contributed by atoms with Gasteiger partial charge in [0.15, 0.2) is 6.61 Å². The smallest absolute Gasteiger partial charge is 0.343 e. The van der Waals surface area contributed by atoms with Crippen molar-refractivity contribution >= 4 is 39.2 Å². The first-order valence-corrected chi connectivity index (χ1v) is 9.38. The van der Waals surface area contributed by atoms with Crippen LogP contribution in [0, 0.1) is 5.82 Å². The number of sulfonamides is 1. The zero-order valence-electron chi connectivity index (χ0n) is 14.4. The van der Waals surface area contributed by atoms with Crippen molar-refractivity contribution in [2.45, 2.75) is 4.90 Å². The van der Waals surface area contributed by atoms with E-state index >= 15 is 0 Å². The van der Waals surface area contributed by atoms with E-state index in [1.54, 1.807) is 0 Å². The van der Waals surface area contributed by atoms with E-state index in [2.05, 4.69) is 5.32 Å². The lowest BCUT2D eigenvalue weighted by molar-refractivity contribution is -0.119. The molecule has 0 saturated carbocycles. The maximum Gasteiger partial charge on any atom is 0.343 e. The minimum absolute atomic E-state index is 0.0612. The van der Waals surface area contributed by atoms with Gasteiger partial charge in [-0.3, -0.25) is 4.79 Å². The molecule has 0 bridgehead atoms. The van der Waals surface area contributed by atoms with Crippen molar-refractivity contribution in [3.8, 4) is 0 Å². The third-order valence-corrected chi connectivity index (χ3v) is 5.56. The summed E-state index contributed by atoms with van der Waals surface area (Å²) < 4.78 is 43.4. The van der Waals surface area contributed by atoms with E-state index in [4.69, 9.17) is 16.3 Å². The van der Waals surface area contributed by atoms with Gasteiger partial charge in [0.05, 0.1) is 9.92 Å². The highest BCUT2D eigenvalue weighted by Crippen LogP contribution is 2.20. The lowest BCUT2D eigenvalue weighted by Gasteiger charge is -2.12. The van der Waals surface area contributed by atoms with Crippen LogP contribution in [0.2, 0.25) is 5.02 Å². The van der Waals surface area contributed by atoms with E-state index in [-0.39, 0.29) is 9.92 Å². The summed E-state index contributed by atoms with van der Waals surface area (Å²) in [7, 11) is -0.771. The molecule has 0 radical (unpaired) electrons. The number of benzene rings is 2. The van der Waals surface area contributed by atoms with Crippen molar-refractivity contribution in [2.24, 2.45) is 0 Å². The van der Waals surface area contributed by atoms with Crippen LogP contribution in [0.25, 0.3) is 0 Å². The van der Waals surface area contributed by atoms with Crippen molar-refractivity contribution in [2.75, 3.05) is 26.0 Å². The molecule has 7 nitrogen and oxygen atoms in total. The zero-order valence-corrected chi connectivity index (χ0v) is 16.0. The molecule has 10 heteroatoms. The van der Waals surface area contributed by atoms with Gasteiger partial charge in [0.25, 0.3) is 5.91 Å². The Morgan fingerprint density at radius 2 is 1.78 bits per heavy atom. The average Bonchev–Trinajstić information content (AvgIpc) is 2.60. The van der Waals surface area contributed by atoms with E-state index in [1.807, 2.05) is 0 Å². The minimum Gasteiger partial charge on any atom is -0.452 e. The summed E-state index contributed by atoms with van der Waals surface area (Å²) >= 11 is 5.75. The first-order valence-electron chi connectivity index (χ1n) is 7.56. The summed E-state index contributed by atoms with van der Waals surface area (Å²) in [5.41, 5.74) is -0.150. The second kappa shape index (κ2) is 8.47. The van der Waals surface area contributed by atoms with Crippen molar-refractivity contribution < 1.29 is 27.1 Å². The lowest BCUT2D eigenvalue weighted by atomic mass is 10.2. The van der Waals surface area contributed by atoms with Crippen LogP contribution in [-0.4, -0.2) is 45.3 Å². The molecule has 0 aromatic heterocycles. The van der Waals surface area contributed by atoms with Crippen molar-refractivity contribution in [1.82, 2.24) is 4.31 Å². The largest absolute Gasteiger partial charge is 0.452 e. The predicted molar refractivity (Wildman–Crippen MR) is 97.6 cm³/mol. The van der Waals surface area contributed by atoms with Gasteiger partial charge in [-0.15, -0.1) is 0 Å². The topological polar surface area (TPSA) is 92.8 Å². The fourth-order valence-electron chi connectivity index (χ4n) is 2.01. The Balaban J connectivity index is 1.97. The quantitative estimate of drug-likeness (QED) is 0.733. The predicted octanol–water partition coefficient (Wildman–Crippen LogP) is 2.52. The molecule has 0 heterocycles. The Hall–Kier alpha value is -2.49. The first-order chi connectivity index (χ1) is 12.6. The van der Waals surface area contributed by atoms with Crippen LogP contribution in [0.3, 0.4) is 0 Å². The van der Waals surface area contributed by atoms with Gasteiger partial charge in [0.2, 0.25) is 10.0 Å². The van der Waals surface area contributed by atoms with E-state index in [0.717, 1.165) is 10.4 Å². The van der Waals surface area contributed by atoms with Crippen molar-refractivity contribution in [3.63, 3.8) is 0 Å². The molecule has 0 aliphatic carbocycles. The maximum atomic E-state index is 13.6. The highest BCUT2D eigenvalue weighted by Gasteiger charge is 2.19. The molecule has 0 spiro atoms. The highest BCUT2D eigenvalue weighted by atomic mass is 35.5. The molecule has 0 atom stereocenters. The van der Waals surface area contributed by atoms with Crippen LogP contribution in [-0.2, 0) is 19.6 Å². The first kappa shape index (κ1) is 20.8. The maximum absolute atomic E-state index is 13.6. The summed E-state index contributed by atoms with van der Waals surface area (Å²) in [6.45, 7) is -0.665. The fraction of sp³-hybridized carbons (Fsp3) is 0.176. The summed E-state index contributed by atoms with van der Waals surface area (Å²) in [5.74, 6) is -2.61. The normalized spacial score (nSPS) is 11.3. The molecular formula is C17H16ClFN2O5S. The van der Waals surface area contributed by atoms with E-state index < -0.39 is 39.9 Å². The van der Waals surface area contributed by atoms with Crippen LogP contribution < -0.4 is 5.32 Å². The number of ether oxygens (including phenoxy) is 1. The molecule has 0 unspecified atom stereocenters. The highest BCUT2D eigenvalue weighted by molar-refractivity contribution is 7.89. The molecule has 0 fully saturated rings. The molecule has 0 aliphatic heterocycles. The Bertz CT molecular complexity index is 942. The second-order valence-corrected chi connectivity index (χ2v) is 8.09. The fourth-order valence-corrected chi connectivity index (χ4v) is 3.16. The van der Waals surface area contributed by atoms with E-state index in [0.29, 0.717) is 5.69 Å². The molecule has 2 aromatic rings. The standard InChI is InChI=1S/C17H16ClFN2O5S/c1-21(2)27(24,25)12-8-6-11(7-9-12)20-15(22)10-26-17(23)16-13(18)4-3-5-14(16)19/h3-9H,10H2,1-2H3,(H,20,22). The summed E-state index contributed by atoms with van der Waals surface area (Å²) in [4.78, 5) is 23.8. The summed E-state index contributed by atoms with van der Waals surface area (Å²) in [6, 6.07) is 9.15.